The minimum atomic E-state index is -0.975. The Morgan fingerprint density at radius 2 is 2.06 bits per heavy atom. The summed E-state index contributed by atoms with van der Waals surface area (Å²) in [6.45, 7) is 1.35. The predicted octanol–water partition coefficient (Wildman–Crippen LogP) is 1.75. The third-order valence-electron chi connectivity index (χ3n) is 2.02. The van der Waals surface area contributed by atoms with E-state index in [1.165, 1.54) is 23.9 Å². The zero-order valence-electron chi connectivity index (χ0n) is 8.32. The summed E-state index contributed by atoms with van der Waals surface area (Å²) < 4.78 is 26.8. The Balaban J connectivity index is 2.42. The summed E-state index contributed by atoms with van der Waals surface area (Å²) in [5.74, 6) is -2.15. The normalized spacial score (nSPS) is 10.4. The number of nitrogens with zero attached hydrogens (tertiary/aromatic N) is 3. The van der Waals surface area contributed by atoms with E-state index in [4.69, 9.17) is 0 Å². The number of benzene rings is 1. The largest absolute Gasteiger partial charge is 0.293 e. The molecule has 1 aromatic carbocycles. The first kappa shape index (κ1) is 10.4. The van der Waals surface area contributed by atoms with E-state index in [1.807, 2.05) is 0 Å². The average molecular weight is 223 g/mol. The van der Waals surface area contributed by atoms with E-state index >= 15 is 0 Å². The molecule has 0 aliphatic carbocycles. The fourth-order valence-electron chi connectivity index (χ4n) is 1.18. The van der Waals surface area contributed by atoms with Gasteiger partial charge in [0, 0.05) is 13.0 Å². The highest BCUT2D eigenvalue weighted by Gasteiger charge is 2.08. The predicted molar refractivity (Wildman–Crippen MR) is 51.3 cm³/mol. The number of Topliss-reactive ketones (excluding diaryl/α,β-unsaturated/α-hetero) is 1. The van der Waals surface area contributed by atoms with Crippen molar-refractivity contribution in [3.63, 3.8) is 0 Å². The van der Waals surface area contributed by atoms with Crippen LogP contribution < -0.4 is 0 Å². The van der Waals surface area contributed by atoms with Crippen LogP contribution in [0.5, 0.6) is 0 Å². The summed E-state index contributed by atoms with van der Waals surface area (Å²) in [6, 6.07) is 3.31. The molecule has 4 nitrogen and oxygen atoms in total. The molecule has 1 heterocycles. The first-order valence-electron chi connectivity index (χ1n) is 4.46. The molecule has 0 saturated heterocycles. The molecule has 0 aliphatic heterocycles. The van der Waals surface area contributed by atoms with Crippen molar-refractivity contribution in [2.24, 2.45) is 0 Å². The molecule has 2 rings (SSSR count). The van der Waals surface area contributed by atoms with Gasteiger partial charge in [-0.3, -0.25) is 4.79 Å². The quantitative estimate of drug-likeness (QED) is 0.728. The van der Waals surface area contributed by atoms with Crippen LogP contribution in [0.15, 0.2) is 24.4 Å². The highest BCUT2D eigenvalue weighted by Crippen LogP contribution is 2.12. The zero-order valence-corrected chi connectivity index (χ0v) is 8.32. The molecule has 0 N–H and O–H groups in total. The van der Waals surface area contributed by atoms with Crippen LogP contribution in [-0.4, -0.2) is 20.8 Å². The number of halogens is 2. The van der Waals surface area contributed by atoms with Gasteiger partial charge in [0.25, 0.3) is 0 Å². The maximum atomic E-state index is 12.9. The molecule has 0 fully saturated rings. The molecule has 6 heteroatoms. The molecule has 0 spiro atoms. The summed E-state index contributed by atoms with van der Waals surface area (Å²) in [4.78, 5) is 11.0. The monoisotopic (exact) mass is 223 g/mol. The van der Waals surface area contributed by atoms with Crippen LogP contribution in [-0.2, 0) is 0 Å². The van der Waals surface area contributed by atoms with Gasteiger partial charge in [-0.2, -0.15) is 0 Å². The number of carbonyl (C=O) groups excluding carboxylic acids is 1. The summed E-state index contributed by atoms with van der Waals surface area (Å²) >= 11 is 0. The molecular weight excluding hydrogens is 216 g/mol. The fourth-order valence-corrected chi connectivity index (χ4v) is 1.18. The lowest BCUT2D eigenvalue weighted by atomic mass is 10.3. The van der Waals surface area contributed by atoms with Crippen LogP contribution in [0.1, 0.15) is 17.4 Å². The SMILES string of the molecule is CC(=O)c1cn(-c2ccc(F)c(F)c2)nn1. The van der Waals surface area contributed by atoms with Gasteiger partial charge in [-0.1, -0.05) is 5.21 Å². The number of rotatable bonds is 2. The van der Waals surface area contributed by atoms with Gasteiger partial charge in [0.1, 0.15) is 5.69 Å². The van der Waals surface area contributed by atoms with Crippen LogP contribution in [0.25, 0.3) is 5.69 Å². The molecule has 82 valence electrons. The van der Waals surface area contributed by atoms with Crippen LogP contribution in [0, 0.1) is 11.6 Å². The van der Waals surface area contributed by atoms with Gasteiger partial charge in [-0.05, 0) is 12.1 Å². The van der Waals surface area contributed by atoms with E-state index in [0.717, 1.165) is 12.1 Å². The maximum Gasteiger partial charge on any atom is 0.181 e. The Labute approximate surface area is 89.5 Å². The van der Waals surface area contributed by atoms with Gasteiger partial charge in [-0.15, -0.1) is 5.10 Å². The number of hydrogen-bond acceptors (Lipinski definition) is 3. The number of aromatic nitrogens is 3. The maximum absolute atomic E-state index is 12.9. The Morgan fingerprint density at radius 3 is 2.62 bits per heavy atom. The van der Waals surface area contributed by atoms with E-state index in [-0.39, 0.29) is 11.5 Å². The molecule has 0 aliphatic rings. The van der Waals surface area contributed by atoms with Crippen molar-refractivity contribution >= 4 is 5.78 Å². The minimum Gasteiger partial charge on any atom is -0.293 e. The summed E-state index contributed by atoms with van der Waals surface area (Å²) in [5.41, 5.74) is 0.476. The summed E-state index contributed by atoms with van der Waals surface area (Å²) in [6.07, 6.45) is 1.36. The molecule has 0 unspecified atom stereocenters. The van der Waals surface area contributed by atoms with E-state index in [9.17, 15) is 13.6 Å². The van der Waals surface area contributed by atoms with Crippen LogP contribution in [0.2, 0.25) is 0 Å². The standard InChI is InChI=1S/C10H7F2N3O/c1-6(16)10-5-15(14-13-10)7-2-3-8(11)9(12)4-7/h2-5H,1H3. The smallest absolute Gasteiger partial charge is 0.181 e. The molecule has 0 amide bonds. The fraction of sp³-hybridized carbons (Fsp3) is 0.100. The molecule has 0 radical (unpaired) electrons. The van der Waals surface area contributed by atoms with Crippen molar-refractivity contribution in [2.45, 2.75) is 6.92 Å². The van der Waals surface area contributed by atoms with Gasteiger partial charge in [0.05, 0.1) is 11.9 Å². The molecule has 0 saturated carbocycles. The Morgan fingerprint density at radius 1 is 1.31 bits per heavy atom. The number of hydrogen-bond donors (Lipinski definition) is 0. The van der Waals surface area contributed by atoms with Gasteiger partial charge in [-0.25, -0.2) is 13.5 Å². The Kier molecular flexibility index (Phi) is 2.47. The molecule has 16 heavy (non-hydrogen) atoms. The van der Waals surface area contributed by atoms with E-state index in [0.29, 0.717) is 5.69 Å². The Hall–Kier alpha value is -2.11. The van der Waals surface area contributed by atoms with Crippen LogP contribution in [0.4, 0.5) is 8.78 Å². The number of carbonyl (C=O) groups is 1. The summed E-state index contributed by atoms with van der Waals surface area (Å²) in [5, 5.41) is 7.23. The van der Waals surface area contributed by atoms with E-state index < -0.39 is 11.6 Å². The first-order valence-corrected chi connectivity index (χ1v) is 4.46. The first-order chi connectivity index (χ1) is 7.58. The topological polar surface area (TPSA) is 47.8 Å². The highest BCUT2D eigenvalue weighted by atomic mass is 19.2. The second-order valence-electron chi connectivity index (χ2n) is 3.20. The van der Waals surface area contributed by atoms with Crippen molar-refractivity contribution < 1.29 is 13.6 Å². The van der Waals surface area contributed by atoms with Gasteiger partial charge >= 0.3 is 0 Å². The van der Waals surface area contributed by atoms with Gasteiger partial charge in [0.15, 0.2) is 17.4 Å². The molecule has 2 aromatic rings. The third-order valence-corrected chi connectivity index (χ3v) is 2.02. The lowest BCUT2D eigenvalue weighted by molar-refractivity contribution is 0.101. The van der Waals surface area contributed by atoms with E-state index in [1.54, 1.807) is 0 Å². The van der Waals surface area contributed by atoms with Crippen molar-refractivity contribution in [2.75, 3.05) is 0 Å². The molecule has 0 atom stereocenters. The van der Waals surface area contributed by atoms with Crippen LogP contribution in [0.3, 0.4) is 0 Å². The summed E-state index contributed by atoms with van der Waals surface area (Å²) in [7, 11) is 0. The molecule has 1 aromatic heterocycles. The highest BCUT2D eigenvalue weighted by molar-refractivity contribution is 5.91. The van der Waals surface area contributed by atoms with E-state index in [2.05, 4.69) is 10.3 Å². The third kappa shape index (κ3) is 1.81. The molecular formula is C10H7F2N3O. The molecule has 0 bridgehead atoms. The van der Waals surface area contributed by atoms with Gasteiger partial charge < -0.3 is 0 Å². The second-order valence-corrected chi connectivity index (χ2v) is 3.20. The average Bonchev–Trinajstić information content (AvgIpc) is 2.71. The second kappa shape index (κ2) is 3.80. The van der Waals surface area contributed by atoms with Crippen molar-refractivity contribution in [1.82, 2.24) is 15.0 Å². The Bertz CT molecular complexity index is 551. The van der Waals surface area contributed by atoms with Crippen molar-refractivity contribution in [3.8, 4) is 5.69 Å². The van der Waals surface area contributed by atoms with Crippen molar-refractivity contribution in [1.29, 1.82) is 0 Å². The lowest BCUT2D eigenvalue weighted by Crippen LogP contribution is -1.96. The lowest BCUT2D eigenvalue weighted by Gasteiger charge is -1.99. The minimum absolute atomic E-state index is 0.171. The zero-order chi connectivity index (χ0) is 11.7. The number of ketones is 1. The van der Waals surface area contributed by atoms with Crippen molar-refractivity contribution in [3.05, 3.63) is 41.7 Å². The van der Waals surface area contributed by atoms with Crippen LogP contribution >= 0.6 is 0 Å². The van der Waals surface area contributed by atoms with Gasteiger partial charge in [0.2, 0.25) is 0 Å².